The van der Waals surface area contributed by atoms with Crippen molar-refractivity contribution in [2.45, 2.75) is 32.9 Å². The molecule has 1 aromatic heterocycles. The molecule has 0 unspecified atom stereocenters. The van der Waals surface area contributed by atoms with Crippen molar-refractivity contribution >= 4 is 11.8 Å². The van der Waals surface area contributed by atoms with Gasteiger partial charge >= 0.3 is 0 Å². The van der Waals surface area contributed by atoms with E-state index in [1.807, 2.05) is 4.90 Å². The first-order valence-corrected chi connectivity index (χ1v) is 7.22. The molecular formula is C13H22N6O2. The molecule has 1 saturated heterocycles. The number of carbonyl (C=O) groups is 2. The number of rotatable bonds is 5. The maximum atomic E-state index is 12.1. The number of nitrogens with two attached hydrogens (primary N) is 1. The summed E-state index contributed by atoms with van der Waals surface area (Å²) in [6.45, 7) is 4.24. The molecule has 0 spiro atoms. The van der Waals surface area contributed by atoms with Crippen molar-refractivity contribution < 1.29 is 9.59 Å². The van der Waals surface area contributed by atoms with Crippen LogP contribution >= 0.6 is 0 Å². The molecule has 2 heterocycles. The second kappa shape index (κ2) is 7.16. The van der Waals surface area contributed by atoms with E-state index in [4.69, 9.17) is 5.73 Å². The van der Waals surface area contributed by atoms with E-state index in [-0.39, 0.29) is 31.4 Å². The van der Waals surface area contributed by atoms with Crippen LogP contribution in [-0.4, -0.2) is 51.3 Å². The zero-order chi connectivity index (χ0) is 15.2. The average molecular weight is 294 g/mol. The van der Waals surface area contributed by atoms with Crippen LogP contribution in [0.25, 0.3) is 0 Å². The zero-order valence-electron chi connectivity index (χ0n) is 12.3. The lowest BCUT2D eigenvalue weighted by molar-refractivity contribution is -0.133. The Morgan fingerprint density at radius 2 is 2.14 bits per heavy atom. The van der Waals surface area contributed by atoms with E-state index >= 15 is 0 Å². The van der Waals surface area contributed by atoms with Crippen LogP contribution in [0.5, 0.6) is 0 Å². The first-order chi connectivity index (χ1) is 10.1. The molecule has 1 aliphatic rings. The lowest BCUT2D eigenvalue weighted by atomic mass is 9.99. The summed E-state index contributed by atoms with van der Waals surface area (Å²) in [5.74, 6) is 0.505. The third-order valence-corrected chi connectivity index (χ3v) is 3.67. The minimum atomic E-state index is -0.247. The molecule has 0 aromatic carbocycles. The number of carbonyl (C=O) groups excluding carboxylic acids is 2. The van der Waals surface area contributed by atoms with Gasteiger partial charge in [0.2, 0.25) is 11.8 Å². The Balaban J connectivity index is 1.81. The van der Waals surface area contributed by atoms with Crippen LogP contribution in [0.3, 0.4) is 0 Å². The van der Waals surface area contributed by atoms with E-state index in [9.17, 15) is 9.59 Å². The van der Waals surface area contributed by atoms with Gasteiger partial charge in [-0.1, -0.05) is 12.1 Å². The highest BCUT2D eigenvalue weighted by Gasteiger charge is 2.20. The summed E-state index contributed by atoms with van der Waals surface area (Å²) in [5, 5.41) is 10.4. The van der Waals surface area contributed by atoms with Crippen molar-refractivity contribution in [1.29, 1.82) is 0 Å². The molecule has 3 N–H and O–H groups in total. The van der Waals surface area contributed by atoms with E-state index in [0.717, 1.165) is 25.9 Å². The zero-order valence-corrected chi connectivity index (χ0v) is 12.3. The van der Waals surface area contributed by atoms with Crippen molar-refractivity contribution in [1.82, 2.24) is 25.2 Å². The van der Waals surface area contributed by atoms with Gasteiger partial charge in [0.1, 0.15) is 12.2 Å². The summed E-state index contributed by atoms with van der Waals surface area (Å²) in [4.78, 5) is 25.1. The fourth-order valence-corrected chi connectivity index (χ4v) is 2.25. The maximum Gasteiger partial charge on any atom is 0.244 e. The Kier molecular flexibility index (Phi) is 5.26. The number of piperidine rings is 1. The van der Waals surface area contributed by atoms with Gasteiger partial charge < -0.3 is 16.0 Å². The third-order valence-electron chi connectivity index (χ3n) is 3.67. The summed E-state index contributed by atoms with van der Waals surface area (Å²) in [6, 6.07) is 0. The second-order valence-electron chi connectivity index (χ2n) is 5.45. The first-order valence-electron chi connectivity index (χ1n) is 7.22. The quantitative estimate of drug-likeness (QED) is 0.733. The van der Waals surface area contributed by atoms with Crippen LogP contribution in [-0.2, 0) is 22.7 Å². The van der Waals surface area contributed by atoms with Crippen LogP contribution < -0.4 is 11.1 Å². The van der Waals surface area contributed by atoms with Gasteiger partial charge in [-0.3, -0.25) is 9.59 Å². The highest BCUT2D eigenvalue weighted by Crippen LogP contribution is 2.16. The molecule has 8 nitrogen and oxygen atoms in total. The van der Waals surface area contributed by atoms with Gasteiger partial charge in [0.05, 0.1) is 19.3 Å². The minimum absolute atomic E-state index is 0.0555. The highest BCUT2D eigenvalue weighted by molar-refractivity contribution is 5.77. The van der Waals surface area contributed by atoms with Crippen molar-refractivity contribution in [3.63, 3.8) is 0 Å². The fraction of sp³-hybridized carbons (Fsp3) is 0.692. The third kappa shape index (κ3) is 4.52. The molecule has 1 aromatic rings. The number of nitrogens with one attached hydrogen (secondary N) is 1. The van der Waals surface area contributed by atoms with Crippen molar-refractivity contribution in [2.24, 2.45) is 11.7 Å². The molecule has 0 bridgehead atoms. The van der Waals surface area contributed by atoms with Gasteiger partial charge in [-0.05, 0) is 18.8 Å². The summed E-state index contributed by atoms with van der Waals surface area (Å²) in [5.41, 5.74) is 5.80. The van der Waals surface area contributed by atoms with E-state index < -0.39 is 0 Å². The topological polar surface area (TPSA) is 106 Å². The van der Waals surface area contributed by atoms with Crippen LogP contribution in [0.2, 0.25) is 0 Å². The van der Waals surface area contributed by atoms with Crippen LogP contribution in [0, 0.1) is 5.92 Å². The van der Waals surface area contributed by atoms with Gasteiger partial charge in [-0.25, -0.2) is 4.68 Å². The number of likely N-dealkylation sites (tertiary alicyclic amines) is 1. The van der Waals surface area contributed by atoms with E-state index in [2.05, 4.69) is 22.6 Å². The molecule has 2 amide bonds. The molecule has 1 fully saturated rings. The Morgan fingerprint density at radius 3 is 2.81 bits per heavy atom. The molecule has 8 heteroatoms. The number of nitrogens with zero attached hydrogens (tertiary/aromatic N) is 4. The van der Waals surface area contributed by atoms with Gasteiger partial charge in [-0.2, -0.15) is 0 Å². The van der Waals surface area contributed by atoms with Crippen LogP contribution in [0.15, 0.2) is 6.20 Å². The highest BCUT2D eigenvalue weighted by atomic mass is 16.2. The summed E-state index contributed by atoms with van der Waals surface area (Å²) in [6.07, 6.45) is 3.78. The fourth-order valence-electron chi connectivity index (χ4n) is 2.25. The Morgan fingerprint density at radius 1 is 1.43 bits per heavy atom. The Hall–Kier alpha value is -1.96. The minimum Gasteiger partial charge on any atom is -0.349 e. The van der Waals surface area contributed by atoms with E-state index in [1.54, 1.807) is 6.20 Å². The molecular weight excluding hydrogens is 272 g/mol. The SMILES string of the molecule is CC1CCN(C(=O)Cn2cc(CNC(=O)CN)nn2)CC1. The number of hydrogen-bond donors (Lipinski definition) is 2. The lowest BCUT2D eigenvalue weighted by Gasteiger charge is -2.30. The van der Waals surface area contributed by atoms with Gasteiger partial charge in [0.25, 0.3) is 0 Å². The van der Waals surface area contributed by atoms with E-state index in [0.29, 0.717) is 11.6 Å². The van der Waals surface area contributed by atoms with Crippen molar-refractivity contribution in [2.75, 3.05) is 19.6 Å². The van der Waals surface area contributed by atoms with Crippen molar-refractivity contribution in [3.8, 4) is 0 Å². The monoisotopic (exact) mass is 294 g/mol. The second-order valence-corrected chi connectivity index (χ2v) is 5.45. The molecule has 116 valence electrons. The number of amides is 2. The first kappa shape index (κ1) is 15.4. The molecule has 0 radical (unpaired) electrons. The van der Waals surface area contributed by atoms with Crippen molar-refractivity contribution in [3.05, 3.63) is 11.9 Å². The summed E-state index contributed by atoms with van der Waals surface area (Å²) >= 11 is 0. The average Bonchev–Trinajstić information content (AvgIpc) is 2.93. The summed E-state index contributed by atoms with van der Waals surface area (Å²) in [7, 11) is 0. The summed E-state index contributed by atoms with van der Waals surface area (Å²) < 4.78 is 1.50. The predicted octanol–water partition coefficient (Wildman–Crippen LogP) is -0.888. The van der Waals surface area contributed by atoms with Crippen LogP contribution in [0.1, 0.15) is 25.5 Å². The molecule has 0 saturated carbocycles. The van der Waals surface area contributed by atoms with Crippen LogP contribution in [0.4, 0.5) is 0 Å². The predicted molar refractivity (Wildman–Crippen MR) is 75.9 cm³/mol. The Bertz CT molecular complexity index is 493. The standard InChI is InChI=1S/C13H22N6O2/c1-10-2-4-18(5-3-10)13(21)9-19-8-11(16-17-19)7-15-12(20)6-14/h8,10H,2-7,9,14H2,1H3,(H,15,20). The van der Waals surface area contributed by atoms with E-state index in [1.165, 1.54) is 4.68 Å². The molecule has 1 aliphatic heterocycles. The normalized spacial score (nSPS) is 16.0. The smallest absolute Gasteiger partial charge is 0.244 e. The molecule has 2 rings (SSSR count). The maximum absolute atomic E-state index is 12.1. The lowest BCUT2D eigenvalue weighted by Crippen LogP contribution is -2.39. The van der Waals surface area contributed by atoms with Gasteiger partial charge in [0, 0.05) is 13.1 Å². The molecule has 21 heavy (non-hydrogen) atoms. The largest absolute Gasteiger partial charge is 0.349 e. The molecule has 0 aliphatic carbocycles. The van der Waals surface area contributed by atoms with Gasteiger partial charge in [-0.15, -0.1) is 5.10 Å². The van der Waals surface area contributed by atoms with Gasteiger partial charge in [0.15, 0.2) is 0 Å². The number of aromatic nitrogens is 3. The Labute approximate surface area is 123 Å². The molecule has 0 atom stereocenters. The number of hydrogen-bond acceptors (Lipinski definition) is 5.